The van der Waals surface area contributed by atoms with Gasteiger partial charge in [-0.1, -0.05) is 0 Å². The molecular formula is C10H21NO2. The predicted octanol–water partition coefficient (Wildman–Crippen LogP) is 0.866. The van der Waals surface area contributed by atoms with E-state index in [0.717, 1.165) is 19.5 Å². The Hall–Kier alpha value is -0.120. The van der Waals surface area contributed by atoms with E-state index in [-0.39, 0.29) is 6.61 Å². The molecule has 3 unspecified atom stereocenters. The number of nitrogens with zero attached hydrogens (tertiary/aromatic N) is 1. The van der Waals surface area contributed by atoms with E-state index in [2.05, 4.69) is 25.7 Å². The molecule has 78 valence electrons. The van der Waals surface area contributed by atoms with Gasteiger partial charge >= 0.3 is 0 Å². The Kier molecular flexibility index (Phi) is 4.16. The van der Waals surface area contributed by atoms with Gasteiger partial charge in [-0.3, -0.25) is 4.90 Å². The third-order valence-electron chi connectivity index (χ3n) is 2.80. The molecule has 0 amide bonds. The Morgan fingerprint density at radius 1 is 1.38 bits per heavy atom. The van der Waals surface area contributed by atoms with Crippen molar-refractivity contribution in [1.82, 2.24) is 4.90 Å². The summed E-state index contributed by atoms with van der Waals surface area (Å²) in [6.07, 6.45) is 1.50. The highest BCUT2D eigenvalue weighted by Gasteiger charge is 2.28. The molecule has 3 heteroatoms. The number of aliphatic hydroxyl groups excluding tert-OH is 1. The lowest BCUT2D eigenvalue weighted by Gasteiger charge is -2.41. The molecule has 0 bridgehead atoms. The fourth-order valence-corrected chi connectivity index (χ4v) is 1.89. The maximum atomic E-state index is 8.76. The summed E-state index contributed by atoms with van der Waals surface area (Å²) < 4.78 is 5.70. The zero-order chi connectivity index (χ0) is 9.84. The number of ether oxygens (including phenoxy) is 1. The van der Waals surface area contributed by atoms with E-state index in [9.17, 15) is 0 Å². The van der Waals surface area contributed by atoms with Crippen molar-refractivity contribution in [3.63, 3.8) is 0 Å². The maximum Gasteiger partial charge on any atom is 0.0703 e. The molecule has 0 aliphatic carbocycles. The van der Waals surface area contributed by atoms with Crippen molar-refractivity contribution >= 4 is 0 Å². The number of aliphatic hydroxyl groups is 1. The summed E-state index contributed by atoms with van der Waals surface area (Å²) in [4.78, 5) is 2.40. The summed E-state index contributed by atoms with van der Waals surface area (Å²) in [5.74, 6) is 0. The van der Waals surface area contributed by atoms with Crippen LogP contribution in [0.1, 0.15) is 27.2 Å². The van der Waals surface area contributed by atoms with Crippen LogP contribution in [0.15, 0.2) is 0 Å². The fraction of sp³-hybridized carbons (Fsp3) is 1.00. The quantitative estimate of drug-likeness (QED) is 0.711. The van der Waals surface area contributed by atoms with E-state index in [1.165, 1.54) is 0 Å². The second-order valence-corrected chi connectivity index (χ2v) is 3.96. The van der Waals surface area contributed by atoms with Crippen LogP contribution < -0.4 is 0 Å². The van der Waals surface area contributed by atoms with Crippen molar-refractivity contribution in [2.75, 3.05) is 19.7 Å². The highest BCUT2D eigenvalue weighted by molar-refractivity contribution is 4.80. The van der Waals surface area contributed by atoms with Gasteiger partial charge in [0.2, 0.25) is 0 Å². The third-order valence-corrected chi connectivity index (χ3v) is 2.80. The number of hydrogen-bond acceptors (Lipinski definition) is 3. The molecule has 1 fully saturated rings. The highest BCUT2D eigenvalue weighted by atomic mass is 16.5. The predicted molar refractivity (Wildman–Crippen MR) is 52.7 cm³/mol. The van der Waals surface area contributed by atoms with Gasteiger partial charge in [0.1, 0.15) is 0 Å². The molecule has 3 atom stereocenters. The van der Waals surface area contributed by atoms with Crippen LogP contribution in [0.3, 0.4) is 0 Å². The standard InChI is InChI=1S/C10H21NO2/c1-8-7-11(5-4-6-12)9(2)10(3)13-8/h8-10,12H,4-7H2,1-3H3. The minimum Gasteiger partial charge on any atom is -0.396 e. The minimum absolute atomic E-state index is 0.285. The van der Waals surface area contributed by atoms with Crippen LogP contribution in [-0.4, -0.2) is 48.0 Å². The summed E-state index contributed by atoms with van der Waals surface area (Å²) in [5, 5.41) is 8.76. The fourth-order valence-electron chi connectivity index (χ4n) is 1.89. The van der Waals surface area contributed by atoms with Crippen molar-refractivity contribution < 1.29 is 9.84 Å². The van der Waals surface area contributed by atoms with E-state index < -0.39 is 0 Å². The molecule has 0 aromatic rings. The molecule has 1 rings (SSSR count). The van der Waals surface area contributed by atoms with Crippen molar-refractivity contribution in [3.05, 3.63) is 0 Å². The van der Waals surface area contributed by atoms with Gasteiger partial charge in [-0.05, 0) is 27.2 Å². The van der Waals surface area contributed by atoms with Crippen molar-refractivity contribution in [2.24, 2.45) is 0 Å². The SMILES string of the molecule is CC1CN(CCCO)C(C)C(C)O1. The zero-order valence-corrected chi connectivity index (χ0v) is 8.86. The molecule has 0 aromatic heterocycles. The number of rotatable bonds is 3. The first-order chi connectivity index (χ1) is 6.15. The monoisotopic (exact) mass is 187 g/mol. The molecule has 1 saturated heterocycles. The number of morpholine rings is 1. The molecule has 1 heterocycles. The topological polar surface area (TPSA) is 32.7 Å². The molecule has 1 aliphatic rings. The summed E-state index contributed by atoms with van der Waals surface area (Å²) in [5.41, 5.74) is 0. The second kappa shape index (κ2) is 4.94. The summed E-state index contributed by atoms with van der Waals surface area (Å²) >= 11 is 0. The van der Waals surface area contributed by atoms with E-state index in [1.807, 2.05) is 0 Å². The highest BCUT2D eigenvalue weighted by Crippen LogP contribution is 2.17. The van der Waals surface area contributed by atoms with Gasteiger partial charge in [0.25, 0.3) is 0 Å². The van der Waals surface area contributed by atoms with Crippen LogP contribution in [-0.2, 0) is 4.74 Å². The molecule has 3 nitrogen and oxygen atoms in total. The first-order valence-corrected chi connectivity index (χ1v) is 5.15. The normalized spacial score (nSPS) is 36.5. The lowest BCUT2D eigenvalue weighted by Crippen LogP contribution is -2.52. The Labute approximate surface area is 80.7 Å². The maximum absolute atomic E-state index is 8.76. The van der Waals surface area contributed by atoms with Crippen LogP contribution in [0.2, 0.25) is 0 Å². The van der Waals surface area contributed by atoms with E-state index in [4.69, 9.17) is 9.84 Å². The summed E-state index contributed by atoms with van der Waals surface area (Å²) in [6, 6.07) is 0.475. The van der Waals surface area contributed by atoms with Crippen LogP contribution in [0.25, 0.3) is 0 Å². The minimum atomic E-state index is 0.285. The molecule has 1 N–H and O–H groups in total. The lowest BCUT2D eigenvalue weighted by molar-refractivity contribution is -0.0996. The Morgan fingerprint density at radius 3 is 2.69 bits per heavy atom. The Morgan fingerprint density at radius 2 is 2.08 bits per heavy atom. The van der Waals surface area contributed by atoms with Crippen molar-refractivity contribution in [3.8, 4) is 0 Å². The Balaban J connectivity index is 2.41. The molecule has 0 radical (unpaired) electrons. The van der Waals surface area contributed by atoms with Gasteiger partial charge in [0.05, 0.1) is 12.2 Å². The molecule has 1 aliphatic heterocycles. The molecule has 13 heavy (non-hydrogen) atoms. The molecule has 0 aromatic carbocycles. The Bertz CT molecular complexity index is 152. The van der Waals surface area contributed by atoms with Crippen LogP contribution in [0, 0.1) is 0 Å². The smallest absolute Gasteiger partial charge is 0.0703 e. The van der Waals surface area contributed by atoms with Gasteiger partial charge in [-0.15, -0.1) is 0 Å². The molecular weight excluding hydrogens is 166 g/mol. The summed E-state index contributed by atoms with van der Waals surface area (Å²) in [7, 11) is 0. The average Bonchev–Trinajstić information content (AvgIpc) is 2.09. The summed E-state index contributed by atoms with van der Waals surface area (Å²) in [6.45, 7) is 8.67. The molecule has 0 spiro atoms. The van der Waals surface area contributed by atoms with Gasteiger partial charge in [0, 0.05) is 25.7 Å². The van der Waals surface area contributed by atoms with Crippen LogP contribution in [0.4, 0.5) is 0 Å². The van der Waals surface area contributed by atoms with E-state index in [1.54, 1.807) is 0 Å². The van der Waals surface area contributed by atoms with E-state index >= 15 is 0 Å². The second-order valence-electron chi connectivity index (χ2n) is 3.96. The van der Waals surface area contributed by atoms with E-state index in [0.29, 0.717) is 18.2 Å². The van der Waals surface area contributed by atoms with Gasteiger partial charge < -0.3 is 9.84 Å². The van der Waals surface area contributed by atoms with Crippen molar-refractivity contribution in [2.45, 2.75) is 45.4 Å². The van der Waals surface area contributed by atoms with Gasteiger partial charge in [0.15, 0.2) is 0 Å². The third kappa shape index (κ3) is 2.93. The van der Waals surface area contributed by atoms with Crippen LogP contribution in [0.5, 0.6) is 0 Å². The first-order valence-electron chi connectivity index (χ1n) is 5.15. The largest absolute Gasteiger partial charge is 0.396 e. The van der Waals surface area contributed by atoms with Crippen molar-refractivity contribution in [1.29, 1.82) is 0 Å². The molecule has 0 saturated carbocycles. The number of hydrogen-bond donors (Lipinski definition) is 1. The first kappa shape index (κ1) is 11.0. The average molecular weight is 187 g/mol. The van der Waals surface area contributed by atoms with Crippen LogP contribution >= 0.6 is 0 Å². The van der Waals surface area contributed by atoms with Gasteiger partial charge in [-0.25, -0.2) is 0 Å². The zero-order valence-electron chi connectivity index (χ0n) is 8.86. The van der Waals surface area contributed by atoms with Gasteiger partial charge in [-0.2, -0.15) is 0 Å². The lowest BCUT2D eigenvalue weighted by atomic mass is 10.1.